The molecule has 15 heavy (non-hydrogen) atoms. The largest absolute Gasteiger partial charge is 0.266 e. The van der Waals surface area contributed by atoms with E-state index < -0.39 is 10.0 Å². The Hall–Kier alpha value is -1.68. The third kappa shape index (κ3) is 2.89. The van der Waals surface area contributed by atoms with Crippen molar-refractivity contribution in [1.29, 1.82) is 5.26 Å². The molecule has 0 aliphatic rings. The van der Waals surface area contributed by atoms with Gasteiger partial charge in [0.1, 0.15) is 17.5 Å². The van der Waals surface area contributed by atoms with E-state index >= 15 is 0 Å². The summed E-state index contributed by atoms with van der Waals surface area (Å²) in [6, 6.07) is 1.82. The summed E-state index contributed by atoms with van der Waals surface area (Å²) in [5.41, 5.74) is 0.109. The first-order valence-electron chi connectivity index (χ1n) is 4.22. The molecule has 0 amide bonds. The van der Waals surface area contributed by atoms with Crippen LogP contribution in [0.2, 0.25) is 0 Å². The Balaban J connectivity index is 3.15. The number of nitrogens with zero attached hydrogens (tertiary/aromatic N) is 3. The first kappa shape index (κ1) is 11.4. The number of nitriles is 1. The maximum atomic E-state index is 11.3. The van der Waals surface area contributed by atoms with Gasteiger partial charge < -0.3 is 0 Å². The van der Waals surface area contributed by atoms with Crippen LogP contribution < -0.4 is 4.72 Å². The Morgan fingerprint density at radius 2 is 2.27 bits per heavy atom. The normalized spacial score (nSPS) is 10.7. The molecule has 0 bridgehead atoms. The Bertz CT molecular complexity index is 504. The number of aryl methyl sites for hydroxylation is 1. The number of anilines is 1. The van der Waals surface area contributed by atoms with E-state index in [2.05, 4.69) is 14.7 Å². The number of hydrogen-bond acceptors (Lipinski definition) is 5. The van der Waals surface area contributed by atoms with E-state index in [1.54, 1.807) is 6.92 Å². The lowest BCUT2D eigenvalue weighted by atomic mass is 10.3. The molecule has 0 radical (unpaired) electrons. The van der Waals surface area contributed by atoms with Crippen LogP contribution in [-0.4, -0.2) is 24.1 Å². The highest BCUT2D eigenvalue weighted by Crippen LogP contribution is 2.11. The van der Waals surface area contributed by atoms with Gasteiger partial charge in [0.2, 0.25) is 10.0 Å². The second-order valence-electron chi connectivity index (χ2n) is 2.80. The lowest BCUT2D eigenvalue weighted by Gasteiger charge is -2.06. The average Bonchev–Trinajstić information content (AvgIpc) is 2.18. The fourth-order valence-electron chi connectivity index (χ4n) is 0.849. The van der Waals surface area contributed by atoms with E-state index in [1.807, 2.05) is 6.07 Å². The van der Waals surface area contributed by atoms with Crippen molar-refractivity contribution < 1.29 is 8.42 Å². The lowest BCUT2D eigenvalue weighted by molar-refractivity contribution is 0.602. The number of rotatable bonds is 3. The first-order valence-corrected chi connectivity index (χ1v) is 5.88. The van der Waals surface area contributed by atoms with Crippen molar-refractivity contribution in [1.82, 2.24) is 9.97 Å². The number of nitrogens with one attached hydrogen (secondary N) is 1. The molecule has 0 spiro atoms. The second kappa shape index (κ2) is 4.23. The molecule has 1 rings (SSSR count). The second-order valence-corrected chi connectivity index (χ2v) is 4.81. The maximum Gasteiger partial charge on any atom is 0.233 e. The summed E-state index contributed by atoms with van der Waals surface area (Å²) >= 11 is 0. The third-order valence-corrected chi connectivity index (χ3v) is 2.93. The summed E-state index contributed by atoms with van der Waals surface area (Å²) < 4.78 is 24.8. The van der Waals surface area contributed by atoms with Gasteiger partial charge in [0.05, 0.1) is 11.9 Å². The molecule has 80 valence electrons. The van der Waals surface area contributed by atoms with E-state index in [1.165, 1.54) is 13.1 Å². The number of aromatic nitrogens is 2. The van der Waals surface area contributed by atoms with Crippen LogP contribution in [0.15, 0.2) is 6.20 Å². The Morgan fingerprint density at radius 1 is 1.60 bits per heavy atom. The van der Waals surface area contributed by atoms with E-state index in [9.17, 15) is 8.42 Å². The lowest BCUT2D eigenvalue weighted by Crippen LogP contribution is -2.17. The van der Waals surface area contributed by atoms with E-state index in [0.29, 0.717) is 5.82 Å². The molecular formula is C8H10N4O2S. The minimum absolute atomic E-state index is 0.0341. The van der Waals surface area contributed by atoms with Crippen molar-refractivity contribution >= 4 is 15.8 Å². The fourth-order valence-corrected chi connectivity index (χ4v) is 1.44. The van der Waals surface area contributed by atoms with Gasteiger partial charge in [-0.1, -0.05) is 0 Å². The topological polar surface area (TPSA) is 95.7 Å². The highest BCUT2D eigenvalue weighted by Gasteiger charge is 2.12. The van der Waals surface area contributed by atoms with Gasteiger partial charge in [-0.15, -0.1) is 0 Å². The van der Waals surface area contributed by atoms with Crippen LogP contribution in [0.1, 0.15) is 18.3 Å². The van der Waals surface area contributed by atoms with Crippen molar-refractivity contribution in [3.8, 4) is 6.07 Å². The van der Waals surface area contributed by atoms with Gasteiger partial charge in [-0.2, -0.15) is 5.26 Å². The van der Waals surface area contributed by atoms with Crippen LogP contribution >= 0.6 is 0 Å². The first-order chi connectivity index (χ1) is 6.98. The highest BCUT2D eigenvalue weighted by atomic mass is 32.2. The third-order valence-electron chi connectivity index (χ3n) is 1.66. The molecule has 1 aromatic rings. The molecule has 0 unspecified atom stereocenters. The maximum absolute atomic E-state index is 11.3. The predicted molar refractivity (Wildman–Crippen MR) is 54.6 cm³/mol. The Kier molecular flexibility index (Phi) is 3.21. The van der Waals surface area contributed by atoms with Gasteiger partial charge in [-0.25, -0.2) is 18.4 Å². The monoisotopic (exact) mass is 226 g/mol. The SMILES string of the molecule is CCS(=O)(=O)Nc1nc(C)ncc1C#N. The van der Waals surface area contributed by atoms with Crippen molar-refractivity contribution in [2.45, 2.75) is 13.8 Å². The van der Waals surface area contributed by atoms with E-state index in [-0.39, 0.29) is 17.1 Å². The van der Waals surface area contributed by atoms with Crippen LogP contribution in [0.3, 0.4) is 0 Å². The van der Waals surface area contributed by atoms with Crippen LogP contribution in [0.5, 0.6) is 0 Å². The molecular weight excluding hydrogens is 216 g/mol. The van der Waals surface area contributed by atoms with Gasteiger partial charge in [0.25, 0.3) is 0 Å². The van der Waals surface area contributed by atoms with E-state index in [4.69, 9.17) is 5.26 Å². The summed E-state index contributed by atoms with van der Waals surface area (Å²) in [5, 5.41) is 8.71. The molecule has 7 heteroatoms. The van der Waals surface area contributed by atoms with Gasteiger partial charge in [0.15, 0.2) is 5.82 Å². The van der Waals surface area contributed by atoms with Crippen LogP contribution in [0.25, 0.3) is 0 Å². The molecule has 0 atom stereocenters. The highest BCUT2D eigenvalue weighted by molar-refractivity contribution is 7.92. The zero-order valence-corrected chi connectivity index (χ0v) is 9.17. The molecule has 1 heterocycles. The van der Waals surface area contributed by atoms with Crippen molar-refractivity contribution in [2.75, 3.05) is 10.5 Å². The summed E-state index contributed by atoms with van der Waals surface area (Å²) in [6.45, 7) is 3.12. The molecule has 1 aromatic heterocycles. The molecule has 0 saturated heterocycles. The van der Waals surface area contributed by atoms with Crippen molar-refractivity contribution in [2.24, 2.45) is 0 Å². The molecule has 0 aliphatic carbocycles. The number of sulfonamides is 1. The van der Waals surface area contributed by atoms with Crippen molar-refractivity contribution in [3.05, 3.63) is 17.6 Å². The summed E-state index contributed by atoms with van der Waals surface area (Å²) in [6.07, 6.45) is 1.29. The molecule has 1 N–H and O–H groups in total. The zero-order valence-electron chi connectivity index (χ0n) is 8.35. The standard InChI is InChI=1S/C8H10N4O2S/c1-3-15(13,14)12-8-7(4-9)5-10-6(2)11-8/h5H,3H2,1-2H3,(H,10,11,12). The van der Waals surface area contributed by atoms with Crippen LogP contribution in [-0.2, 0) is 10.0 Å². The smallest absolute Gasteiger partial charge is 0.233 e. The van der Waals surface area contributed by atoms with Crippen LogP contribution in [0, 0.1) is 18.3 Å². The van der Waals surface area contributed by atoms with E-state index in [0.717, 1.165) is 0 Å². The zero-order chi connectivity index (χ0) is 11.5. The number of hydrogen-bond donors (Lipinski definition) is 1. The summed E-state index contributed by atoms with van der Waals surface area (Å²) in [5.74, 6) is 0.371. The molecule has 0 fully saturated rings. The Labute approximate surface area is 88.0 Å². The van der Waals surface area contributed by atoms with Crippen molar-refractivity contribution in [3.63, 3.8) is 0 Å². The van der Waals surface area contributed by atoms with Crippen LogP contribution in [0.4, 0.5) is 5.82 Å². The fraction of sp³-hybridized carbons (Fsp3) is 0.375. The van der Waals surface area contributed by atoms with Gasteiger partial charge in [-0.05, 0) is 13.8 Å². The molecule has 0 aliphatic heterocycles. The molecule has 0 aromatic carbocycles. The predicted octanol–water partition coefficient (Wildman–Crippen LogP) is 0.418. The Morgan fingerprint density at radius 3 is 2.80 bits per heavy atom. The quantitative estimate of drug-likeness (QED) is 0.805. The molecule has 0 saturated carbocycles. The van der Waals surface area contributed by atoms with Gasteiger partial charge >= 0.3 is 0 Å². The minimum atomic E-state index is -3.41. The minimum Gasteiger partial charge on any atom is -0.266 e. The summed E-state index contributed by atoms with van der Waals surface area (Å²) in [7, 11) is -3.41. The molecule has 6 nitrogen and oxygen atoms in total. The average molecular weight is 226 g/mol. The van der Waals surface area contributed by atoms with Gasteiger partial charge in [0, 0.05) is 0 Å². The van der Waals surface area contributed by atoms with Gasteiger partial charge in [-0.3, -0.25) is 4.72 Å². The summed E-state index contributed by atoms with van der Waals surface area (Å²) in [4.78, 5) is 7.65.